The second-order valence-corrected chi connectivity index (χ2v) is 6.44. The molecule has 116 valence electrons. The Morgan fingerprint density at radius 1 is 1.36 bits per heavy atom. The van der Waals surface area contributed by atoms with Crippen molar-refractivity contribution in [3.63, 3.8) is 0 Å². The molecule has 2 fully saturated rings. The van der Waals surface area contributed by atoms with Crippen molar-refractivity contribution in [2.24, 2.45) is 0 Å². The summed E-state index contributed by atoms with van der Waals surface area (Å²) in [5.41, 5.74) is 1.16. The number of nitrogens with zero attached hydrogens (tertiary/aromatic N) is 2. The summed E-state index contributed by atoms with van der Waals surface area (Å²) in [6, 6.07) is 5.64. The zero-order valence-corrected chi connectivity index (χ0v) is 12.5. The highest BCUT2D eigenvalue weighted by molar-refractivity contribution is 5.94. The summed E-state index contributed by atoms with van der Waals surface area (Å²) < 4.78 is 13.2. The Labute approximate surface area is 127 Å². The Kier molecular flexibility index (Phi) is 3.14. The number of hydrogen-bond acceptors (Lipinski definition) is 3. The summed E-state index contributed by atoms with van der Waals surface area (Å²) in [4.78, 5) is 21.9. The maximum atomic E-state index is 13.2. The molecule has 2 aliphatic heterocycles. The summed E-state index contributed by atoms with van der Waals surface area (Å²) in [7, 11) is 2.17. The number of piperidine rings is 1. The molecule has 0 aliphatic carbocycles. The van der Waals surface area contributed by atoms with Crippen LogP contribution in [0.5, 0.6) is 0 Å². The molecular formula is C16H19FN4O. The Bertz CT molecular complexity index is 714. The fourth-order valence-electron chi connectivity index (χ4n) is 3.87. The van der Waals surface area contributed by atoms with Crippen molar-refractivity contribution in [1.29, 1.82) is 0 Å². The average Bonchev–Trinajstić information content (AvgIpc) is 2.97. The quantitative estimate of drug-likeness (QED) is 0.892. The van der Waals surface area contributed by atoms with Crippen LogP contribution in [0.4, 0.5) is 4.39 Å². The first kappa shape index (κ1) is 13.7. The summed E-state index contributed by atoms with van der Waals surface area (Å²) in [5, 5.41) is 3.08. The molecule has 1 amide bonds. The lowest BCUT2D eigenvalue weighted by atomic mass is 9.98. The molecule has 6 heteroatoms. The summed E-state index contributed by atoms with van der Waals surface area (Å²) in [5.74, 6) is -0.285. The van der Waals surface area contributed by atoms with Crippen molar-refractivity contribution >= 4 is 16.9 Å². The predicted octanol–water partition coefficient (Wildman–Crippen LogP) is 2.06. The SMILES string of the molecule is CN1C2CCC1CC(NC(=O)c1nc3ccc(F)cc3[nH]1)C2. The summed E-state index contributed by atoms with van der Waals surface area (Å²) in [6.45, 7) is 0. The molecule has 4 rings (SSSR count). The van der Waals surface area contributed by atoms with E-state index in [0.717, 1.165) is 12.8 Å². The van der Waals surface area contributed by atoms with Gasteiger partial charge in [-0.1, -0.05) is 0 Å². The first-order chi connectivity index (χ1) is 10.6. The predicted molar refractivity (Wildman–Crippen MR) is 81.1 cm³/mol. The average molecular weight is 302 g/mol. The van der Waals surface area contributed by atoms with E-state index in [9.17, 15) is 9.18 Å². The zero-order valence-electron chi connectivity index (χ0n) is 12.5. The van der Waals surface area contributed by atoms with Gasteiger partial charge in [-0.15, -0.1) is 0 Å². The molecule has 0 spiro atoms. The van der Waals surface area contributed by atoms with Crippen LogP contribution in [0.1, 0.15) is 36.3 Å². The molecule has 22 heavy (non-hydrogen) atoms. The van der Waals surface area contributed by atoms with Gasteiger partial charge in [-0.2, -0.15) is 0 Å². The number of H-pyrrole nitrogens is 1. The number of benzene rings is 1. The minimum atomic E-state index is -0.338. The molecular weight excluding hydrogens is 283 g/mol. The van der Waals surface area contributed by atoms with Crippen LogP contribution < -0.4 is 5.32 Å². The fraction of sp³-hybridized carbons (Fsp3) is 0.500. The van der Waals surface area contributed by atoms with Gasteiger partial charge < -0.3 is 15.2 Å². The number of nitrogens with one attached hydrogen (secondary N) is 2. The van der Waals surface area contributed by atoms with Crippen molar-refractivity contribution in [3.05, 3.63) is 29.8 Å². The minimum absolute atomic E-state index is 0.200. The van der Waals surface area contributed by atoms with E-state index in [4.69, 9.17) is 0 Å². The second-order valence-electron chi connectivity index (χ2n) is 6.44. The van der Waals surface area contributed by atoms with E-state index >= 15 is 0 Å². The van der Waals surface area contributed by atoms with Crippen LogP contribution in [-0.4, -0.2) is 45.9 Å². The fourth-order valence-corrected chi connectivity index (χ4v) is 3.87. The molecule has 2 bridgehead atoms. The number of rotatable bonds is 2. The maximum Gasteiger partial charge on any atom is 0.287 e. The van der Waals surface area contributed by atoms with E-state index in [-0.39, 0.29) is 23.6 Å². The molecule has 0 saturated carbocycles. The molecule has 1 aromatic heterocycles. The highest BCUT2D eigenvalue weighted by Crippen LogP contribution is 2.34. The molecule has 0 radical (unpaired) electrons. The molecule has 2 saturated heterocycles. The van der Waals surface area contributed by atoms with Gasteiger partial charge in [0.15, 0.2) is 5.82 Å². The first-order valence-electron chi connectivity index (χ1n) is 7.78. The van der Waals surface area contributed by atoms with Crippen LogP contribution in [0, 0.1) is 5.82 Å². The molecule has 2 N–H and O–H groups in total. The smallest absolute Gasteiger partial charge is 0.287 e. The lowest BCUT2D eigenvalue weighted by Gasteiger charge is -2.36. The van der Waals surface area contributed by atoms with Gasteiger partial charge in [-0.05, 0) is 50.9 Å². The third kappa shape index (κ3) is 2.27. The number of aromatic amines is 1. The van der Waals surface area contributed by atoms with Gasteiger partial charge >= 0.3 is 0 Å². The number of hydrogen-bond donors (Lipinski definition) is 2. The van der Waals surface area contributed by atoms with Crippen LogP contribution in [0.3, 0.4) is 0 Å². The van der Waals surface area contributed by atoms with Crippen molar-refractivity contribution in [3.8, 4) is 0 Å². The molecule has 5 nitrogen and oxygen atoms in total. The standard InChI is InChI=1S/C16H19FN4O/c1-21-11-3-4-12(21)8-10(7-11)18-16(22)15-19-13-5-2-9(17)6-14(13)20-15/h2,5-6,10-12H,3-4,7-8H2,1H3,(H,18,22)(H,19,20). The lowest BCUT2D eigenvalue weighted by molar-refractivity contribution is 0.0873. The van der Waals surface area contributed by atoms with Crippen LogP contribution in [-0.2, 0) is 0 Å². The number of fused-ring (bicyclic) bond motifs is 3. The number of amides is 1. The largest absolute Gasteiger partial charge is 0.347 e. The van der Waals surface area contributed by atoms with Gasteiger partial charge in [-0.25, -0.2) is 9.37 Å². The lowest BCUT2D eigenvalue weighted by Crippen LogP contribution is -2.48. The molecule has 3 heterocycles. The summed E-state index contributed by atoms with van der Waals surface area (Å²) in [6.07, 6.45) is 4.43. The topological polar surface area (TPSA) is 61.0 Å². The van der Waals surface area contributed by atoms with Gasteiger partial charge in [0.05, 0.1) is 11.0 Å². The Hall–Kier alpha value is -1.95. The molecule has 2 atom stereocenters. The van der Waals surface area contributed by atoms with Crippen LogP contribution in [0.15, 0.2) is 18.2 Å². The van der Waals surface area contributed by atoms with Crippen molar-refractivity contribution in [1.82, 2.24) is 20.2 Å². The van der Waals surface area contributed by atoms with Crippen LogP contribution in [0.2, 0.25) is 0 Å². The third-order valence-corrected chi connectivity index (χ3v) is 5.09. The minimum Gasteiger partial charge on any atom is -0.347 e. The van der Waals surface area contributed by atoms with E-state index in [2.05, 4.69) is 27.2 Å². The van der Waals surface area contributed by atoms with Crippen molar-refractivity contribution in [2.45, 2.75) is 43.8 Å². The van der Waals surface area contributed by atoms with E-state index in [1.54, 1.807) is 6.07 Å². The van der Waals surface area contributed by atoms with Gasteiger partial charge in [0, 0.05) is 18.1 Å². The second kappa shape index (κ2) is 5.05. The molecule has 1 aromatic carbocycles. The Balaban J connectivity index is 1.49. The van der Waals surface area contributed by atoms with Gasteiger partial charge in [0.1, 0.15) is 5.82 Å². The highest BCUT2D eigenvalue weighted by Gasteiger charge is 2.39. The highest BCUT2D eigenvalue weighted by atomic mass is 19.1. The van der Waals surface area contributed by atoms with Crippen molar-refractivity contribution < 1.29 is 9.18 Å². The van der Waals surface area contributed by atoms with E-state index in [0.29, 0.717) is 23.1 Å². The van der Waals surface area contributed by atoms with Crippen molar-refractivity contribution in [2.75, 3.05) is 7.05 Å². The van der Waals surface area contributed by atoms with E-state index in [1.165, 1.54) is 25.0 Å². The Morgan fingerprint density at radius 2 is 2.09 bits per heavy atom. The maximum absolute atomic E-state index is 13.2. The number of carbonyl (C=O) groups excluding carboxylic acids is 1. The van der Waals surface area contributed by atoms with Gasteiger partial charge in [0.25, 0.3) is 5.91 Å². The van der Waals surface area contributed by atoms with Crippen LogP contribution >= 0.6 is 0 Å². The van der Waals surface area contributed by atoms with Gasteiger partial charge in [-0.3, -0.25) is 4.79 Å². The monoisotopic (exact) mass is 302 g/mol. The number of carbonyl (C=O) groups is 1. The third-order valence-electron chi connectivity index (χ3n) is 5.09. The van der Waals surface area contributed by atoms with Gasteiger partial charge in [0.2, 0.25) is 0 Å². The zero-order chi connectivity index (χ0) is 15.3. The number of aromatic nitrogens is 2. The summed E-state index contributed by atoms with van der Waals surface area (Å²) >= 11 is 0. The van der Waals surface area contributed by atoms with Crippen LogP contribution in [0.25, 0.3) is 11.0 Å². The molecule has 2 aromatic rings. The molecule has 2 unspecified atom stereocenters. The first-order valence-corrected chi connectivity index (χ1v) is 7.78. The Morgan fingerprint density at radius 3 is 2.82 bits per heavy atom. The van der Waals surface area contributed by atoms with E-state index < -0.39 is 0 Å². The number of halogens is 1. The number of imidazole rings is 1. The van der Waals surface area contributed by atoms with E-state index in [1.807, 2.05) is 0 Å². The normalized spacial score (nSPS) is 28.2. The molecule has 2 aliphatic rings.